The summed E-state index contributed by atoms with van der Waals surface area (Å²) in [6.45, 7) is 1.18. The molecular weight excluding hydrogens is 300 g/mol. The Kier molecular flexibility index (Phi) is 4.52. The van der Waals surface area contributed by atoms with Gasteiger partial charge in [0.1, 0.15) is 5.00 Å². The summed E-state index contributed by atoms with van der Waals surface area (Å²) in [5.74, 6) is 0.0711. The van der Waals surface area contributed by atoms with Gasteiger partial charge in [-0.1, -0.05) is 0 Å². The van der Waals surface area contributed by atoms with Crippen LogP contribution in [0.3, 0.4) is 0 Å². The lowest BCUT2D eigenvalue weighted by Gasteiger charge is -2.24. The molecule has 1 aromatic rings. The average molecular weight is 320 g/mol. The van der Waals surface area contributed by atoms with E-state index in [2.05, 4.69) is 4.37 Å². The Bertz CT molecular complexity index is 566. The minimum absolute atomic E-state index is 0.0711. The van der Waals surface area contributed by atoms with Gasteiger partial charge in [0.05, 0.1) is 6.61 Å². The third kappa shape index (κ3) is 2.90. The molecule has 114 valence electrons. The van der Waals surface area contributed by atoms with Gasteiger partial charge in [0.2, 0.25) is 10.0 Å². The van der Waals surface area contributed by atoms with Crippen LogP contribution < -0.4 is 10.6 Å². The summed E-state index contributed by atoms with van der Waals surface area (Å²) in [5, 5.41) is 0.621. The lowest BCUT2D eigenvalue weighted by Crippen LogP contribution is -2.31. The third-order valence-electron chi connectivity index (χ3n) is 3.18. The molecule has 1 saturated carbocycles. The molecule has 0 aliphatic heterocycles. The fraction of sp³-hybridized carbons (Fsp3) is 0.727. The highest BCUT2D eigenvalue weighted by atomic mass is 32.2. The van der Waals surface area contributed by atoms with E-state index in [0.29, 0.717) is 24.2 Å². The summed E-state index contributed by atoms with van der Waals surface area (Å²) < 4.78 is 35.1. The zero-order valence-corrected chi connectivity index (χ0v) is 13.5. The van der Waals surface area contributed by atoms with E-state index in [-0.39, 0.29) is 10.7 Å². The molecule has 1 heterocycles. The molecule has 20 heavy (non-hydrogen) atoms. The Morgan fingerprint density at radius 1 is 1.45 bits per heavy atom. The Morgan fingerprint density at radius 3 is 2.60 bits per heavy atom. The number of nitrogen functional groups attached to an aromatic ring is 1. The van der Waals surface area contributed by atoms with Crippen molar-refractivity contribution in [3.63, 3.8) is 0 Å². The van der Waals surface area contributed by atoms with Gasteiger partial charge in [-0.05, 0) is 24.4 Å². The third-order valence-corrected chi connectivity index (χ3v) is 6.09. The summed E-state index contributed by atoms with van der Waals surface area (Å²) in [4.78, 5) is 2.17. The monoisotopic (exact) mass is 320 g/mol. The van der Waals surface area contributed by atoms with Crippen LogP contribution in [0.2, 0.25) is 0 Å². The second-order valence-corrected chi connectivity index (χ2v) is 7.75. The molecule has 2 N–H and O–H groups in total. The zero-order valence-electron chi connectivity index (χ0n) is 11.9. The van der Waals surface area contributed by atoms with Gasteiger partial charge < -0.3 is 15.4 Å². The number of hydrogen-bond acceptors (Lipinski definition) is 7. The van der Waals surface area contributed by atoms with Crippen molar-refractivity contribution in [3.05, 3.63) is 0 Å². The largest absolute Gasteiger partial charge is 0.383 e. The molecule has 0 bridgehead atoms. The van der Waals surface area contributed by atoms with E-state index >= 15 is 0 Å². The molecule has 7 nitrogen and oxygen atoms in total. The van der Waals surface area contributed by atoms with Gasteiger partial charge >= 0.3 is 0 Å². The maximum atomic E-state index is 12.4. The smallest absolute Gasteiger partial charge is 0.249 e. The highest BCUT2D eigenvalue weighted by molar-refractivity contribution is 7.89. The van der Waals surface area contributed by atoms with Crippen LogP contribution in [0.25, 0.3) is 0 Å². The van der Waals surface area contributed by atoms with Gasteiger partial charge in [-0.3, -0.25) is 0 Å². The first-order chi connectivity index (χ1) is 9.39. The summed E-state index contributed by atoms with van der Waals surface area (Å²) in [7, 11) is 1.02. The molecule has 0 radical (unpaired) electrons. The second-order valence-electron chi connectivity index (χ2n) is 4.91. The molecule has 0 saturated heterocycles. The normalized spacial score (nSPS) is 15.8. The van der Waals surface area contributed by atoms with Crippen molar-refractivity contribution in [2.45, 2.75) is 23.8 Å². The van der Waals surface area contributed by atoms with Crippen molar-refractivity contribution >= 4 is 32.4 Å². The SMILES string of the molecule is COCCN(c1snc(N)c1S(=O)(=O)N(C)C)C1CC1. The first kappa shape index (κ1) is 15.5. The number of rotatable bonds is 7. The van der Waals surface area contributed by atoms with Crippen molar-refractivity contribution in [2.24, 2.45) is 0 Å². The molecule has 2 rings (SSSR count). The number of anilines is 2. The first-order valence-corrected chi connectivity index (χ1v) is 8.54. The van der Waals surface area contributed by atoms with Crippen molar-refractivity contribution in [1.29, 1.82) is 0 Å². The molecule has 0 aromatic carbocycles. The Labute approximate surface area is 123 Å². The Hall–Kier alpha value is -0.900. The van der Waals surface area contributed by atoms with E-state index in [0.717, 1.165) is 28.7 Å². The average Bonchev–Trinajstić information content (AvgIpc) is 3.13. The second kappa shape index (κ2) is 5.84. The molecule has 0 atom stereocenters. The van der Waals surface area contributed by atoms with E-state index in [1.165, 1.54) is 14.1 Å². The lowest BCUT2D eigenvalue weighted by atomic mass is 10.4. The van der Waals surface area contributed by atoms with Crippen LogP contribution in [0.1, 0.15) is 12.8 Å². The number of aromatic nitrogens is 1. The standard InChI is InChI=1S/C11H20N4O3S2/c1-14(2)20(16,17)9-10(12)13-19-11(9)15(6-7-18-3)8-4-5-8/h8H,4-7H2,1-3H3,(H2,12,13). The van der Waals surface area contributed by atoms with Crippen molar-refractivity contribution in [2.75, 3.05) is 45.0 Å². The quantitative estimate of drug-likeness (QED) is 0.791. The fourth-order valence-electron chi connectivity index (χ4n) is 1.92. The minimum atomic E-state index is -3.60. The first-order valence-electron chi connectivity index (χ1n) is 6.32. The maximum Gasteiger partial charge on any atom is 0.249 e. The number of ether oxygens (including phenoxy) is 1. The summed E-state index contributed by atoms with van der Waals surface area (Å²) >= 11 is 1.14. The Morgan fingerprint density at radius 2 is 2.10 bits per heavy atom. The topological polar surface area (TPSA) is 88.8 Å². The molecule has 0 unspecified atom stereocenters. The highest BCUT2D eigenvalue weighted by Gasteiger charge is 2.36. The van der Waals surface area contributed by atoms with Crippen LogP contribution in [0.5, 0.6) is 0 Å². The molecule has 1 aliphatic rings. The summed E-state index contributed by atoms with van der Waals surface area (Å²) in [5.41, 5.74) is 5.79. The minimum Gasteiger partial charge on any atom is -0.383 e. The van der Waals surface area contributed by atoms with E-state index < -0.39 is 10.0 Å². The van der Waals surface area contributed by atoms with Gasteiger partial charge in [-0.15, -0.1) is 0 Å². The van der Waals surface area contributed by atoms with E-state index in [1.807, 2.05) is 4.90 Å². The maximum absolute atomic E-state index is 12.4. The van der Waals surface area contributed by atoms with Gasteiger partial charge in [0.25, 0.3) is 0 Å². The van der Waals surface area contributed by atoms with Crippen LogP contribution in [0.15, 0.2) is 4.90 Å². The van der Waals surface area contributed by atoms with Crippen molar-refractivity contribution < 1.29 is 13.2 Å². The number of nitrogens with zero attached hydrogens (tertiary/aromatic N) is 3. The van der Waals surface area contributed by atoms with Gasteiger partial charge in [0.15, 0.2) is 10.7 Å². The van der Waals surface area contributed by atoms with Crippen LogP contribution in [-0.2, 0) is 14.8 Å². The molecule has 9 heteroatoms. The summed E-state index contributed by atoms with van der Waals surface area (Å²) in [6.07, 6.45) is 2.12. The molecule has 0 spiro atoms. The number of nitrogens with two attached hydrogens (primary N) is 1. The summed E-state index contributed by atoms with van der Waals surface area (Å²) in [6, 6.07) is 0.362. The van der Waals surface area contributed by atoms with Gasteiger partial charge in [0, 0.05) is 33.8 Å². The van der Waals surface area contributed by atoms with Gasteiger partial charge in [-0.2, -0.15) is 4.37 Å². The van der Waals surface area contributed by atoms with Crippen molar-refractivity contribution in [1.82, 2.24) is 8.68 Å². The van der Waals surface area contributed by atoms with Crippen LogP contribution in [0, 0.1) is 0 Å². The lowest BCUT2D eigenvalue weighted by molar-refractivity contribution is 0.205. The van der Waals surface area contributed by atoms with E-state index in [1.54, 1.807) is 7.11 Å². The number of methoxy groups -OCH3 is 1. The zero-order chi connectivity index (χ0) is 14.9. The molecule has 0 amide bonds. The van der Waals surface area contributed by atoms with Crippen LogP contribution in [0.4, 0.5) is 10.8 Å². The predicted octanol–water partition coefficient (Wildman–Crippen LogP) is 0.591. The van der Waals surface area contributed by atoms with E-state index in [9.17, 15) is 8.42 Å². The predicted molar refractivity (Wildman–Crippen MR) is 79.6 cm³/mol. The fourth-order valence-corrected chi connectivity index (χ4v) is 4.23. The molecule has 1 fully saturated rings. The van der Waals surface area contributed by atoms with Crippen molar-refractivity contribution in [3.8, 4) is 0 Å². The van der Waals surface area contributed by atoms with Gasteiger partial charge in [-0.25, -0.2) is 12.7 Å². The molecular formula is C11H20N4O3S2. The highest BCUT2D eigenvalue weighted by Crippen LogP contribution is 2.41. The Balaban J connectivity index is 2.41. The van der Waals surface area contributed by atoms with Crippen LogP contribution in [-0.4, -0.2) is 57.5 Å². The van der Waals surface area contributed by atoms with E-state index in [4.69, 9.17) is 10.5 Å². The number of sulfonamides is 1. The molecule has 1 aliphatic carbocycles. The molecule has 1 aromatic heterocycles. The van der Waals surface area contributed by atoms with Crippen LogP contribution >= 0.6 is 11.5 Å². The number of hydrogen-bond donors (Lipinski definition) is 1.